The van der Waals surface area contributed by atoms with Crippen molar-refractivity contribution in [1.29, 1.82) is 0 Å². The van der Waals surface area contributed by atoms with Gasteiger partial charge in [0.05, 0.1) is 17.2 Å². The van der Waals surface area contributed by atoms with E-state index in [0.717, 1.165) is 0 Å². The topological polar surface area (TPSA) is 90.5 Å². The molecule has 9 heteroatoms. The molecule has 0 saturated carbocycles. The van der Waals surface area contributed by atoms with Crippen LogP contribution in [0.25, 0.3) is 5.69 Å². The van der Waals surface area contributed by atoms with Crippen molar-refractivity contribution in [3.63, 3.8) is 0 Å². The molecule has 1 aliphatic rings. The van der Waals surface area contributed by atoms with E-state index in [0.29, 0.717) is 18.2 Å². The maximum atomic E-state index is 13.3. The van der Waals surface area contributed by atoms with Crippen LogP contribution in [0.2, 0.25) is 0 Å². The van der Waals surface area contributed by atoms with Crippen LogP contribution in [0, 0.1) is 21.8 Å². The van der Waals surface area contributed by atoms with Gasteiger partial charge in [-0.05, 0) is 44.0 Å². The summed E-state index contributed by atoms with van der Waals surface area (Å²) in [5, 5.41) is 15.9. The molecule has 1 saturated heterocycles. The molecule has 0 unspecified atom stereocenters. The SMILES string of the molecule is CCOC(=O)c1nn(-c2ccc(F)cc2)c(N2C[C@H](C)[C@H]2C)c1[N+](=O)[O-]. The maximum absolute atomic E-state index is 13.3. The Morgan fingerprint density at radius 3 is 2.54 bits per heavy atom. The number of nitro groups is 1. The van der Waals surface area contributed by atoms with Crippen LogP contribution in [0.5, 0.6) is 0 Å². The molecule has 1 aromatic carbocycles. The average Bonchev–Trinajstić information content (AvgIpc) is 3.00. The molecule has 0 N–H and O–H groups in total. The van der Waals surface area contributed by atoms with Crippen molar-refractivity contribution in [1.82, 2.24) is 9.78 Å². The zero-order valence-corrected chi connectivity index (χ0v) is 14.7. The van der Waals surface area contributed by atoms with Crippen LogP contribution in [0.1, 0.15) is 31.3 Å². The lowest BCUT2D eigenvalue weighted by Gasteiger charge is -2.45. The zero-order valence-electron chi connectivity index (χ0n) is 14.7. The van der Waals surface area contributed by atoms with Gasteiger partial charge < -0.3 is 9.64 Å². The van der Waals surface area contributed by atoms with Gasteiger partial charge in [0.1, 0.15) is 5.82 Å². The zero-order chi connectivity index (χ0) is 19.0. The van der Waals surface area contributed by atoms with Crippen molar-refractivity contribution in [2.45, 2.75) is 26.8 Å². The fraction of sp³-hybridized carbons (Fsp3) is 0.412. The molecule has 8 nitrogen and oxygen atoms in total. The Morgan fingerprint density at radius 2 is 2.04 bits per heavy atom. The molecular weight excluding hydrogens is 343 g/mol. The quantitative estimate of drug-likeness (QED) is 0.461. The summed E-state index contributed by atoms with van der Waals surface area (Å²) in [6.45, 7) is 6.27. The number of carbonyl (C=O) groups is 1. The van der Waals surface area contributed by atoms with Crippen molar-refractivity contribution < 1.29 is 18.8 Å². The Balaban J connectivity index is 2.21. The molecule has 0 radical (unpaired) electrons. The second-order valence-electron chi connectivity index (χ2n) is 6.26. The van der Waals surface area contributed by atoms with Crippen LogP contribution in [0.15, 0.2) is 24.3 Å². The van der Waals surface area contributed by atoms with E-state index in [4.69, 9.17) is 4.74 Å². The Morgan fingerprint density at radius 1 is 1.38 bits per heavy atom. The minimum absolute atomic E-state index is 0.0413. The summed E-state index contributed by atoms with van der Waals surface area (Å²) in [6, 6.07) is 5.42. The van der Waals surface area contributed by atoms with Crippen molar-refractivity contribution in [2.24, 2.45) is 5.92 Å². The first-order chi connectivity index (χ1) is 12.3. The number of anilines is 1. The van der Waals surface area contributed by atoms with Crippen molar-refractivity contribution >= 4 is 17.5 Å². The van der Waals surface area contributed by atoms with Gasteiger partial charge in [0, 0.05) is 12.6 Å². The molecule has 1 fully saturated rings. The number of halogens is 1. The van der Waals surface area contributed by atoms with Gasteiger partial charge >= 0.3 is 11.7 Å². The number of hydrogen-bond donors (Lipinski definition) is 0. The van der Waals surface area contributed by atoms with E-state index >= 15 is 0 Å². The lowest BCUT2D eigenvalue weighted by Crippen LogP contribution is -2.54. The Bertz CT molecular complexity index is 849. The molecule has 1 aliphatic heterocycles. The van der Waals surface area contributed by atoms with E-state index in [2.05, 4.69) is 5.10 Å². The Kier molecular flexibility index (Phi) is 4.62. The largest absolute Gasteiger partial charge is 0.461 e. The molecule has 0 bridgehead atoms. The van der Waals surface area contributed by atoms with Gasteiger partial charge in [-0.2, -0.15) is 5.10 Å². The van der Waals surface area contributed by atoms with Crippen molar-refractivity contribution in [3.8, 4) is 5.69 Å². The number of carbonyl (C=O) groups excluding carboxylic acids is 1. The van der Waals surface area contributed by atoms with Gasteiger partial charge in [0.15, 0.2) is 0 Å². The highest BCUT2D eigenvalue weighted by atomic mass is 19.1. The van der Waals surface area contributed by atoms with Gasteiger partial charge in [-0.25, -0.2) is 13.9 Å². The number of rotatable bonds is 5. The van der Waals surface area contributed by atoms with E-state index in [1.54, 1.807) is 6.92 Å². The minimum atomic E-state index is -0.859. The smallest absolute Gasteiger partial charge is 0.366 e. The number of ether oxygens (including phenoxy) is 1. The first kappa shape index (κ1) is 17.8. The summed E-state index contributed by atoms with van der Waals surface area (Å²) < 4.78 is 19.5. The van der Waals surface area contributed by atoms with Gasteiger partial charge in [-0.3, -0.25) is 10.1 Å². The normalized spacial score (nSPS) is 19.2. The van der Waals surface area contributed by atoms with E-state index in [1.165, 1.54) is 28.9 Å². The van der Waals surface area contributed by atoms with Gasteiger partial charge in [0.2, 0.25) is 11.5 Å². The molecule has 1 aromatic heterocycles. The lowest BCUT2D eigenvalue weighted by atomic mass is 9.92. The van der Waals surface area contributed by atoms with Crippen LogP contribution >= 0.6 is 0 Å². The average molecular weight is 362 g/mol. The van der Waals surface area contributed by atoms with E-state index in [-0.39, 0.29) is 24.2 Å². The predicted octanol–water partition coefficient (Wildman–Crippen LogP) is 2.94. The van der Waals surface area contributed by atoms with Gasteiger partial charge in [-0.1, -0.05) is 6.92 Å². The van der Waals surface area contributed by atoms with Crippen LogP contribution in [0.3, 0.4) is 0 Å². The summed E-state index contributed by atoms with van der Waals surface area (Å²) >= 11 is 0. The first-order valence-electron chi connectivity index (χ1n) is 8.32. The molecular formula is C17H19FN4O4. The molecule has 138 valence electrons. The second-order valence-corrected chi connectivity index (χ2v) is 6.26. The third kappa shape index (κ3) is 2.89. The first-order valence-corrected chi connectivity index (χ1v) is 8.32. The van der Waals surface area contributed by atoms with Crippen LogP contribution < -0.4 is 4.90 Å². The maximum Gasteiger partial charge on any atom is 0.366 e. The number of benzene rings is 1. The van der Waals surface area contributed by atoms with E-state index in [1.807, 2.05) is 18.7 Å². The molecule has 2 heterocycles. The third-order valence-corrected chi connectivity index (χ3v) is 4.63. The Hall–Kier alpha value is -2.97. The highest BCUT2D eigenvalue weighted by molar-refractivity contribution is 5.95. The molecule has 3 rings (SSSR count). The molecule has 0 spiro atoms. The van der Waals surface area contributed by atoms with Crippen molar-refractivity contribution in [2.75, 3.05) is 18.1 Å². The standard InChI is InChI=1S/C17H19FN4O4/c1-4-26-17(23)14-15(22(24)25)16(20-9-10(2)11(20)3)21(19-14)13-7-5-12(18)6-8-13/h5-8,10-11H,4,9H2,1-3H3/t10-,11+/m0/s1. The second kappa shape index (κ2) is 6.74. The monoisotopic (exact) mass is 362 g/mol. The molecule has 2 aromatic rings. The lowest BCUT2D eigenvalue weighted by molar-refractivity contribution is -0.384. The number of hydrogen-bond acceptors (Lipinski definition) is 6. The van der Waals surface area contributed by atoms with E-state index in [9.17, 15) is 19.3 Å². The number of esters is 1. The molecule has 26 heavy (non-hydrogen) atoms. The highest BCUT2D eigenvalue weighted by Crippen LogP contribution is 2.40. The molecule has 2 atom stereocenters. The fourth-order valence-electron chi connectivity index (χ4n) is 3.00. The predicted molar refractivity (Wildman–Crippen MR) is 92.1 cm³/mol. The summed E-state index contributed by atoms with van der Waals surface area (Å²) in [5.41, 5.74) is -0.332. The number of aromatic nitrogens is 2. The van der Waals surface area contributed by atoms with Crippen LogP contribution in [-0.4, -0.2) is 39.9 Å². The summed E-state index contributed by atoms with van der Waals surface area (Å²) in [5.74, 6) is -0.747. The number of nitrogens with zero attached hydrogens (tertiary/aromatic N) is 4. The van der Waals surface area contributed by atoms with Crippen LogP contribution in [-0.2, 0) is 4.74 Å². The summed E-state index contributed by atoms with van der Waals surface area (Å²) in [7, 11) is 0. The fourth-order valence-corrected chi connectivity index (χ4v) is 3.00. The van der Waals surface area contributed by atoms with Crippen molar-refractivity contribution in [3.05, 3.63) is 45.9 Å². The molecule has 0 aliphatic carbocycles. The van der Waals surface area contributed by atoms with Gasteiger partial charge in [0.25, 0.3) is 0 Å². The summed E-state index contributed by atoms with van der Waals surface area (Å²) in [4.78, 5) is 25.2. The summed E-state index contributed by atoms with van der Waals surface area (Å²) in [6.07, 6.45) is 0. The van der Waals surface area contributed by atoms with E-state index < -0.39 is 22.4 Å². The Labute approximate surface area is 149 Å². The minimum Gasteiger partial charge on any atom is -0.461 e. The highest BCUT2D eigenvalue weighted by Gasteiger charge is 2.43. The third-order valence-electron chi connectivity index (χ3n) is 4.63. The van der Waals surface area contributed by atoms with Crippen LogP contribution in [0.4, 0.5) is 15.9 Å². The van der Waals surface area contributed by atoms with Gasteiger partial charge in [-0.15, -0.1) is 0 Å². The molecule has 0 amide bonds.